The summed E-state index contributed by atoms with van der Waals surface area (Å²) in [5.74, 6) is 0.00741. The van der Waals surface area contributed by atoms with Gasteiger partial charge < -0.3 is 10.6 Å². The highest BCUT2D eigenvalue weighted by Gasteiger charge is 2.45. The molecule has 2 heterocycles. The van der Waals surface area contributed by atoms with E-state index in [1.54, 1.807) is 19.9 Å². The van der Waals surface area contributed by atoms with Gasteiger partial charge in [0.25, 0.3) is 0 Å². The number of nitrogens with zero attached hydrogens (tertiary/aromatic N) is 2. The van der Waals surface area contributed by atoms with Gasteiger partial charge in [0.2, 0.25) is 15.9 Å². The minimum absolute atomic E-state index is 0.0922. The summed E-state index contributed by atoms with van der Waals surface area (Å²) in [7, 11) is -3.81. The predicted molar refractivity (Wildman–Crippen MR) is 79.4 cm³/mol. The van der Waals surface area contributed by atoms with Crippen molar-refractivity contribution in [3.63, 3.8) is 0 Å². The maximum Gasteiger partial charge on any atom is 0.247 e. The van der Waals surface area contributed by atoms with Crippen molar-refractivity contribution in [3.05, 3.63) is 18.3 Å². The lowest BCUT2D eigenvalue weighted by molar-refractivity contribution is -0.131. The third-order valence-corrected chi connectivity index (χ3v) is 5.57. The Morgan fingerprint density at radius 3 is 2.86 bits per heavy atom. The second kappa shape index (κ2) is 5.61. The largest absolute Gasteiger partial charge is 0.369 e. The molecule has 1 aliphatic rings. The summed E-state index contributed by atoms with van der Waals surface area (Å²) in [6, 6.07) is 3.08. The second-order valence-electron chi connectivity index (χ2n) is 5.27. The van der Waals surface area contributed by atoms with Crippen LogP contribution < -0.4 is 10.6 Å². The zero-order chi connectivity index (χ0) is 15.7. The lowest BCUT2D eigenvalue weighted by Crippen LogP contribution is -2.63. The third-order valence-electron chi connectivity index (χ3n) is 3.46. The van der Waals surface area contributed by atoms with E-state index >= 15 is 0 Å². The number of carbonyl (C=O) groups is 1. The summed E-state index contributed by atoms with van der Waals surface area (Å²) in [6.07, 6.45) is 1.53. The maximum absolute atomic E-state index is 12.9. The average molecular weight is 312 g/mol. The standard InChI is InChI=1S/C13H20N4O3S/c1-4-14-11-10(6-5-7-15-11)21(19,20)17-9-8-16-12(18)13(17,2)3/h5-7H,4,8-9H2,1-3H3,(H,14,15)(H,16,18). The smallest absolute Gasteiger partial charge is 0.247 e. The molecule has 0 unspecified atom stereocenters. The Kier molecular flexibility index (Phi) is 4.20. The van der Waals surface area contributed by atoms with E-state index in [1.807, 2.05) is 6.92 Å². The first kappa shape index (κ1) is 15.7. The van der Waals surface area contributed by atoms with Crippen LogP contribution in [-0.2, 0) is 14.8 Å². The van der Waals surface area contributed by atoms with E-state index in [0.717, 1.165) is 0 Å². The topological polar surface area (TPSA) is 91.4 Å². The van der Waals surface area contributed by atoms with Crippen LogP contribution in [0.15, 0.2) is 23.2 Å². The fraction of sp³-hybridized carbons (Fsp3) is 0.538. The van der Waals surface area contributed by atoms with E-state index in [-0.39, 0.29) is 17.3 Å². The van der Waals surface area contributed by atoms with Crippen LogP contribution in [0.1, 0.15) is 20.8 Å². The summed E-state index contributed by atoms with van der Waals surface area (Å²) >= 11 is 0. The molecule has 2 N–H and O–H groups in total. The molecule has 0 saturated carbocycles. The minimum atomic E-state index is -3.81. The molecule has 8 heteroatoms. The van der Waals surface area contributed by atoms with Crippen LogP contribution in [0.4, 0.5) is 5.82 Å². The molecule has 1 aromatic heterocycles. The molecule has 0 spiro atoms. The summed E-state index contributed by atoms with van der Waals surface area (Å²) < 4.78 is 27.1. The minimum Gasteiger partial charge on any atom is -0.369 e. The van der Waals surface area contributed by atoms with Crippen LogP contribution in [0.3, 0.4) is 0 Å². The number of nitrogens with one attached hydrogen (secondary N) is 2. The van der Waals surface area contributed by atoms with Crippen molar-refractivity contribution in [2.45, 2.75) is 31.2 Å². The highest BCUT2D eigenvalue weighted by molar-refractivity contribution is 7.89. The Bertz CT molecular complexity index is 643. The molecular weight excluding hydrogens is 292 g/mol. The van der Waals surface area contributed by atoms with Crippen molar-refractivity contribution in [3.8, 4) is 0 Å². The van der Waals surface area contributed by atoms with Gasteiger partial charge in [-0.1, -0.05) is 0 Å². The Hall–Kier alpha value is -1.67. The number of anilines is 1. The molecule has 1 fully saturated rings. The number of sulfonamides is 1. The van der Waals surface area contributed by atoms with Crippen molar-refractivity contribution >= 4 is 21.7 Å². The van der Waals surface area contributed by atoms with E-state index in [9.17, 15) is 13.2 Å². The van der Waals surface area contributed by atoms with Crippen molar-refractivity contribution in [2.75, 3.05) is 25.0 Å². The van der Waals surface area contributed by atoms with Crippen LogP contribution >= 0.6 is 0 Å². The summed E-state index contributed by atoms with van der Waals surface area (Å²) in [6.45, 7) is 6.16. The lowest BCUT2D eigenvalue weighted by Gasteiger charge is -2.40. The number of pyridine rings is 1. The number of carbonyl (C=O) groups excluding carboxylic acids is 1. The molecule has 21 heavy (non-hydrogen) atoms. The predicted octanol–water partition coefficient (Wildman–Crippen LogP) is 0.412. The van der Waals surface area contributed by atoms with Crippen LogP contribution in [0, 0.1) is 0 Å². The van der Waals surface area contributed by atoms with Gasteiger partial charge in [-0.3, -0.25) is 4.79 Å². The molecule has 0 aliphatic carbocycles. The van der Waals surface area contributed by atoms with Gasteiger partial charge in [-0.25, -0.2) is 13.4 Å². The first-order valence-corrected chi connectivity index (χ1v) is 8.26. The molecule has 1 saturated heterocycles. The van der Waals surface area contributed by atoms with Crippen LogP contribution in [0.25, 0.3) is 0 Å². The van der Waals surface area contributed by atoms with E-state index < -0.39 is 15.6 Å². The molecule has 0 atom stereocenters. The van der Waals surface area contributed by atoms with Gasteiger partial charge in [0.1, 0.15) is 16.3 Å². The highest BCUT2D eigenvalue weighted by Crippen LogP contribution is 2.29. The molecule has 2 rings (SSSR count). The van der Waals surface area contributed by atoms with Gasteiger partial charge in [-0.15, -0.1) is 0 Å². The fourth-order valence-electron chi connectivity index (χ4n) is 2.32. The van der Waals surface area contributed by atoms with E-state index in [0.29, 0.717) is 18.9 Å². The van der Waals surface area contributed by atoms with Gasteiger partial charge in [0.05, 0.1) is 0 Å². The number of hydrogen-bond acceptors (Lipinski definition) is 5. The third kappa shape index (κ3) is 2.73. The zero-order valence-corrected chi connectivity index (χ0v) is 13.2. The Labute approximate surface area is 124 Å². The van der Waals surface area contributed by atoms with Gasteiger partial charge in [0, 0.05) is 25.8 Å². The van der Waals surface area contributed by atoms with E-state index in [1.165, 1.54) is 16.6 Å². The zero-order valence-electron chi connectivity index (χ0n) is 12.4. The highest BCUT2D eigenvalue weighted by atomic mass is 32.2. The molecule has 116 valence electrons. The number of rotatable bonds is 4. The molecule has 1 aromatic rings. The average Bonchev–Trinajstić information content (AvgIpc) is 2.42. The molecule has 0 radical (unpaired) electrons. The fourth-order valence-corrected chi connectivity index (χ4v) is 4.19. The Morgan fingerprint density at radius 2 is 2.19 bits per heavy atom. The summed E-state index contributed by atoms with van der Waals surface area (Å²) in [5, 5.41) is 5.63. The van der Waals surface area contributed by atoms with E-state index in [2.05, 4.69) is 15.6 Å². The monoisotopic (exact) mass is 312 g/mol. The van der Waals surface area contributed by atoms with Crippen molar-refractivity contribution < 1.29 is 13.2 Å². The van der Waals surface area contributed by atoms with Gasteiger partial charge >= 0.3 is 0 Å². The van der Waals surface area contributed by atoms with Crippen LogP contribution in [0.2, 0.25) is 0 Å². The molecule has 1 aliphatic heterocycles. The molecule has 1 amide bonds. The van der Waals surface area contributed by atoms with Crippen molar-refractivity contribution in [1.82, 2.24) is 14.6 Å². The van der Waals surface area contributed by atoms with Crippen molar-refractivity contribution in [2.24, 2.45) is 0 Å². The number of aromatic nitrogens is 1. The number of amides is 1. The first-order valence-electron chi connectivity index (χ1n) is 6.82. The summed E-state index contributed by atoms with van der Waals surface area (Å²) in [5.41, 5.74) is -1.13. The van der Waals surface area contributed by atoms with E-state index in [4.69, 9.17) is 0 Å². The Balaban J connectivity index is 2.49. The van der Waals surface area contributed by atoms with Crippen LogP contribution in [0.5, 0.6) is 0 Å². The first-order chi connectivity index (χ1) is 9.81. The quantitative estimate of drug-likeness (QED) is 0.840. The van der Waals surface area contributed by atoms with Gasteiger partial charge in [-0.2, -0.15) is 4.31 Å². The molecule has 0 aromatic carbocycles. The lowest BCUT2D eigenvalue weighted by atomic mass is 10.0. The maximum atomic E-state index is 12.9. The summed E-state index contributed by atoms with van der Waals surface area (Å²) in [4.78, 5) is 16.1. The Morgan fingerprint density at radius 1 is 1.48 bits per heavy atom. The van der Waals surface area contributed by atoms with Gasteiger partial charge in [0.15, 0.2) is 0 Å². The molecular formula is C13H20N4O3S. The van der Waals surface area contributed by atoms with Crippen LogP contribution in [-0.4, -0.2) is 48.8 Å². The van der Waals surface area contributed by atoms with Gasteiger partial charge in [-0.05, 0) is 32.9 Å². The van der Waals surface area contributed by atoms with Crippen molar-refractivity contribution in [1.29, 1.82) is 0 Å². The normalized spacial score (nSPS) is 19.1. The molecule has 0 bridgehead atoms. The number of piperazine rings is 1. The molecule has 7 nitrogen and oxygen atoms in total. The number of hydrogen-bond donors (Lipinski definition) is 2. The SMILES string of the molecule is CCNc1ncccc1S(=O)(=O)N1CCNC(=O)C1(C)C. The second-order valence-corrected chi connectivity index (χ2v) is 7.10.